The summed E-state index contributed by atoms with van der Waals surface area (Å²) < 4.78 is 36.0. The van der Waals surface area contributed by atoms with Gasteiger partial charge in [0, 0.05) is 6.92 Å². The van der Waals surface area contributed by atoms with Crippen LogP contribution in [0.25, 0.3) is 0 Å². The summed E-state index contributed by atoms with van der Waals surface area (Å²) in [5, 5.41) is 136. The number of aliphatic hydroxyl groups is 12. The fourth-order valence-electron chi connectivity index (χ4n) is 11.6. The summed E-state index contributed by atoms with van der Waals surface area (Å²) in [6.45, 7) is 2.27. The van der Waals surface area contributed by atoms with Gasteiger partial charge >= 0.3 is 0 Å². The van der Waals surface area contributed by atoms with Gasteiger partial charge in [0.15, 0.2) is 18.9 Å². The minimum atomic E-state index is -2.03. The van der Waals surface area contributed by atoms with E-state index in [0.29, 0.717) is 12.8 Å². The molecule has 496 valence electrons. The summed E-state index contributed by atoms with van der Waals surface area (Å²) in [7, 11) is 0. The highest BCUT2D eigenvalue weighted by molar-refractivity contribution is 5.80. The van der Waals surface area contributed by atoms with Crippen LogP contribution in [0.4, 0.5) is 0 Å². The fraction of sp³-hybridized carbons (Fsp3) is 0.968. The van der Waals surface area contributed by atoms with E-state index >= 15 is 0 Å². The maximum Gasteiger partial charge on any atom is 0.249 e. The molecule has 0 radical (unpaired) electrons. The number of hydrogen-bond acceptors (Lipinski definition) is 20. The molecule has 14 N–H and O–H groups in total. The number of ether oxygens (including phenoxy) is 6. The van der Waals surface area contributed by atoms with Crippen LogP contribution in [0.1, 0.15) is 239 Å². The second-order valence-electron chi connectivity index (χ2n) is 24.3. The molecule has 0 saturated carbocycles. The third-order valence-electron chi connectivity index (χ3n) is 17.0. The van der Waals surface area contributed by atoms with Crippen molar-refractivity contribution < 1.29 is 99.3 Å². The number of amides is 2. The Morgan fingerprint density at radius 3 is 1.24 bits per heavy atom. The minimum Gasteiger partial charge on any atom is -0.394 e. The van der Waals surface area contributed by atoms with Crippen molar-refractivity contribution in [3.8, 4) is 0 Å². The van der Waals surface area contributed by atoms with E-state index in [1.165, 1.54) is 135 Å². The molecule has 3 rings (SSSR count). The molecule has 3 aliphatic rings. The molecule has 2 amide bonds. The predicted octanol–water partition coefficient (Wildman–Crippen LogP) is 4.47. The first kappa shape index (κ1) is 76.5. The SMILES string of the molecule is CCCCCCCCCCCCCCCCCCCCCC[C@@H](O)C(=O)N[C@@H](CO[C@H]1O[C@H](CO)[C@H](O)[C@H](O[C@H]2O[C@H](CO)[C@H](O)[C@H](O)[C@H]2NC(C)=O)[C@H]1O[C@H]1O[C@H](CO)[C@H](O)[C@H](O)[C@H]1O)[C@H](O)[C@H](O)CCCCCCCCCCCCCC. The number of rotatable bonds is 49. The van der Waals surface area contributed by atoms with Crippen molar-refractivity contribution in [1.82, 2.24) is 10.6 Å². The average Bonchev–Trinajstić information content (AvgIpc) is 1.83. The van der Waals surface area contributed by atoms with Crippen LogP contribution < -0.4 is 10.6 Å². The lowest BCUT2D eigenvalue weighted by Crippen LogP contribution is -2.69. The quantitative estimate of drug-likeness (QED) is 0.0374. The van der Waals surface area contributed by atoms with Crippen LogP contribution in [0, 0.1) is 0 Å². The van der Waals surface area contributed by atoms with Crippen LogP contribution >= 0.6 is 0 Å². The summed E-state index contributed by atoms with van der Waals surface area (Å²) in [5.74, 6) is -1.56. The Hall–Kier alpha value is -1.78. The van der Waals surface area contributed by atoms with Crippen molar-refractivity contribution in [3.63, 3.8) is 0 Å². The Morgan fingerprint density at radius 2 is 0.810 bits per heavy atom. The normalized spacial score (nSPS) is 29.8. The lowest BCUT2D eigenvalue weighted by Gasteiger charge is -2.49. The first-order chi connectivity index (χ1) is 40.5. The number of nitrogens with one attached hydrogen (secondary N) is 2. The van der Waals surface area contributed by atoms with Crippen LogP contribution in [0.15, 0.2) is 0 Å². The molecule has 22 heteroatoms. The molecule has 0 unspecified atom stereocenters. The standard InChI is InChI=1S/C62H118N2O20/c1-4-6-8-10-12-14-16-18-19-20-21-22-23-24-25-27-29-31-33-35-37-45(70)59(78)64-43(50(71)44(69)36-34-32-30-28-26-17-15-13-11-9-7-5-2)41-79-62-58(84-61-56(77)55(76)52(73)47(39-66)81-61)57(53(74)48(40-67)82-62)83-60-49(63-42(3)68)54(75)51(72)46(38-65)80-60/h43-58,60-62,65-67,69-77H,4-41H2,1-3H3,(H,63,68)(H,64,78)/t43-,44+,45+,46+,47+,48+,49+,50-,51-,52-,53-,54+,55-,56+,57-,58+,60+,61+,62-/m0/s1. The summed E-state index contributed by atoms with van der Waals surface area (Å²) in [6, 6.07) is -3.01. The van der Waals surface area contributed by atoms with Gasteiger partial charge in [0.25, 0.3) is 0 Å². The van der Waals surface area contributed by atoms with Crippen molar-refractivity contribution in [3.05, 3.63) is 0 Å². The van der Waals surface area contributed by atoms with Gasteiger partial charge < -0.3 is 100 Å². The van der Waals surface area contributed by atoms with Crippen LogP contribution in [-0.4, -0.2) is 216 Å². The third kappa shape index (κ3) is 28.4. The van der Waals surface area contributed by atoms with E-state index in [2.05, 4.69) is 24.5 Å². The summed E-state index contributed by atoms with van der Waals surface area (Å²) >= 11 is 0. The summed E-state index contributed by atoms with van der Waals surface area (Å²) in [6.07, 6.45) is 7.78. The van der Waals surface area contributed by atoms with E-state index in [0.717, 1.165) is 64.7 Å². The largest absolute Gasteiger partial charge is 0.394 e. The Bertz CT molecular complexity index is 1640. The van der Waals surface area contributed by atoms with Gasteiger partial charge in [-0.2, -0.15) is 0 Å². The number of carbonyl (C=O) groups excluding carboxylic acids is 2. The lowest BCUT2D eigenvalue weighted by atomic mass is 9.95. The number of hydrogen-bond donors (Lipinski definition) is 14. The fourth-order valence-corrected chi connectivity index (χ4v) is 11.6. The van der Waals surface area contributed by atoms with Gasteiger partial charge in [-0.25, -0.2) is 0 Å². The van der Waals surface area contributed by atoms with Gasteiger partial charge in [0.1, 0.15) is 85.4 Å². The molecule has 3 saturated heterocycles. The third-order valence-corrected chi connectivity index (χ3v) is 17.0. The Morgan fingerprint density at radius 1 is 0.440 bits per heavy atom. The molecule has 0 aromatic heterocycles. The zero-order valence-electron chi connectivity index (χ0n) is 51.5. The number of aliphatic hydroxyl groups excluding tert-OH is 12. The summed E-state index contributed by atoms with van der Waals surface area (Å²) in [5.41, 5.74) is 0. The van der Waals surface area contributed by atoms with Gasteiger partial charge in [-0.1, -0.05) is 219 Å². The van der Waals surface area contributed by atoms with E-state index in [4.69, 9.17) is 28.4 Å². The minimum absolute atomic E-state index is 0.122. The van der Waals surface area contributed by atoms with Crippen molar-refractivity contribution in [2.24, 2.45) is 0 Å². The molecule has 84 heavy (non-hydrogen) atoms. The zero-order chi connectivity index (χ0) is 61.7. The maximum atomic E-state index is 13.8. The monoisotopic (exact) mass is 1210 g/mol. The smallest absolute Gasteiger partial charge is 0.249 e. The Labute approximate surface area is 502 Å². The predicted molar refractivity (Wildman–Crippen MR) is 315 cm³/mol. The van der Waals surface area contributed by atoms with Crippen LogP contribution in [0.5, 0.6) is 0 Å². The van der Waals surface area contributed by atoms with Crippen molar-refractivity contribution in [2.75, 3.05) is 26.4 Å². The van der Waals surface area contributed by atoms with E-state index in [1.807, 2.05) is 0 Å². The molecule has 0 aliphatic carbocycles. The van der Waals surface area contributed by atoms with Gasteiger partial charge in [0.05, 0.1) is 38.6 Å². The highest BCUT2D eigenvalue weighted by Crippen LogP contribution is 2.34. The van der Waals surface area contributed by atoms with Crippen molar-refractivity contribution in [1.29, 1.82) is 0 Å². The maximum absolute atomic E-state index is 13.8. The topological polar surface area (TPSA) is 356 Å². The highest BCUT2D eigenvalue weighted by atomic mass is 16.8. The Balaban J connectivity index is 1.71. The Kier molecular flexibility index (Phi) is 41.4. The average molecular weight is 1210 g/mol. The first-order valence-corrected chi connectivity index (χ1v) is 33.0. The number of unbranched alkanes of at least 4 members (excludes halogenated alkanes) is 30. The molecule has 3 aliphatic heterocycles. The van der Waals surface area contributed by atoms with Crippen LogP contribution in [0.2, 0.25) is 0 Å². The van der Waals surface area contributed by atoms with Crippen LogP contribution in [-0.2, 0) is 38.0 Å². The molecule has 3 heterocycles. The molecule has 0 aromatic rings. The number of carbonyl (C=O) groups is 2. The van der Waals surface area contributed by atoms with E-state index < -0.39 is 155 Å². The van der Waals surface area contributed by atoms with Gasteiger partial charge in [0.2, 0.25) is 11.8 Å². The molecule has 19 atom stereocenters. The molecule has 0 spiro atoms. The lowest BCUT2D eigenvalue weighted by molar-refractivity contribution is -0.387. The van der Waals surface area contributed by atoms with Crippen LogP contribution in [0.3, 0.4) is 0 Å². The first-order valence-electron chi connectivity index (χ1n) is 33.0. The molecular formula is C62H118N2O20. The molecule has 22 nitrogen and oxygen atoms in total. The van der Waals surface area contributed by atoms with Crippen molar-refractivity contribution >= 4 is 11.8 Å². The van der Waals surface area contributed by atoms with Gasteiger partial charge in [-0.3, -0.25) is 9.59 Å². The van der Waals surface area contributed by atoms with E-state index in [1.54, 1.807) is 0 Å². The second-order valence-corrected chi connectivity index (χ2v) is 24.3. The van der Waals surface area contributed by atoms with Gasteiger partial charge in [-0.05, 0) is 12.8 Å². The molecule has 0 aromatic carbocycles. The van der Waals surface area contributed by atoms with E-state index in [-0.39, 0.29) is 12.8 Å². The van der Waals surface area contributed by atoms with Crippen molar-refractivity contribution in [2.45, 2.75) is 355 Å². The van der Waals surface area contributed by atoms with E-state index in [9.17, 15) is 70.9 Å². The molecule has 3 fully saturated rings. The highest BCUT2D eigenvalue weighted by Gasteiger charge is 2.55. The summed E-state index contributed by atoms with van der Waals surface area (Å²) in [4.78, 5) is 26.1. The molecular weight excluding hydrogens is 1090 g/mol. The zero-order valence-corrected chi connectivity index (χ0v) is 51.5. The molecule has 0 bridgehead atoms. The van der Waals surface area contributed by atoms with Gasteiger partial charge in [-0.15, -0.1) is 0 Å². The second kappa shape index (κ2) is 45.5.